The second kappa shape index (κ2) is 5.48. The predicted octanol–water partition coefficient (Wildman–Crippen LogP) is 2.65. The fraction of sp³-hybridized carbons (Fsp3) is 0.111. The summed E-state index contributed by atoms with van der Waals surface area (Å²) in [7, 11) is 0. The van der Waals surface area contributed by atoms with E-state index in [-0.39, 0.29) is 23.8 Å². The summed E-state index contributed by atoms with van der Waals surface area (Å²) in [6.45, 7) is 3.62. The Morgan fingerprint density at radius 1 is 1.18 bits per heavy atom. The number of fused-ring (bicyclic) bond motifs is 1. The van der Waals surface area contributed by atoms with Crippen LogP contribution in [0.3, 0.4) is 0 Å². The molecule has 2 aromatic rings. The van der Waals surface area contributed by atoms with Gasteiger partial charge in [-0.2, -0.15) is 0 Å². The van der Waals surface area contributed by atoms with Gasteiger partial charge in [0, 0.05) is 23.1 Å². The van der Waals surface area contributed by atoms with Crippen LogP contribution in [-0.2, 0) is 9.59 Å². The Labute approximate surface area is 128 Å². The number of hydrogen-bond donors (Lipinski definition) is 2. The van der Waals surface area contributed by atoms with Gasteiger partial charge in [0.2, 0.25) is 5.91 Å². The normalized spacial score (nSPS) is 20.2. The molecule has 1 atom stereocenters. The zero-order valence-electron chi connectivity index (χ0n) is 12.0. The number of nitrogens with one attached hydrogen (secondary N) is 1. The molecule has 1 saturated heterocycles. The number of anilines is 1. The van der Waals surface area contributed by atoms with Crippen molar-refractivity contribution in [3.8, 4) is 0 Å². The molecule has 22 heavy (non-hydrogen) atoms. The number of amides is 1. The Bertz CT molecular complexity index is 821. The molecular weight excluding hydrogens is 276 g/mol. The highest BCUT2D eigenvalue weighted by Gasteiger charge is 2.28. The van der Waals surface area contributed by atoms with Crippen LogP contribution in [0.25, 0.3) is 16.8 Å². The molecule has 0 aliphatic carbocycles. The molecule has 1 aliphatic heterocycles. The van der Waals surface area contributed by atoms with Crippen LogP contribution >= 0.6 is 0 Å². The number of hydrogen-bond acceptors (Lipinski definition) is 3. The zero-order valence-corrected chi connectivity index (χ0v) is 12.0. The van der Waals surface area contributed by atoms with Gasteiger partial charge in [0.15, 0.2) is 5.78 Å². The average molecular weight is 292 g/mol. The van der Waals surface area contributed by atoms with Gasteiger partial charge in [-0.25, -0.2) is 0 Å². The molecule has 0 saturated carbocycles. The van der Waals surface area contributed by atoms with Gasteiger partial charge in [0.1, 0.15) is 0 Å². The maximum atomic E-state index is 12.3. The molecule has 0 aromatic heterocycles. The molecular formula is C18H16N2O2. The number of piperidine rings is 1. The number of allylic oxidation sites excluding steroid dienone is 2. The second-order valence-corrected chi connectivity index (χ2v) is 5.31. The van der Waals surface area contributed by atoms with Crippen molar-refractivity contribution in [1.82, 2.24) is 5.32 Å². The first kappa shape index (κ1) is 14.1. The van der Waals surface area contributed by atoms with Crippen molar-refractivity contribution in [2.75, 3.05) is 5.73 Å². The minimum absolute atomic E-state index is 0.137. The lowest BCUT2D eigenvalue weighted by Crippen LogP contribution is -2.38. The molecule has 0 radical (unpaired) electrons. The Morgan fingerprint density at radius 3 is 2.73 bits per heavy atom. The van der Waals surface area contributed by atoms with E-state index in [9.17, 15) is 9.59 Å². The lowest BCUT2D eigenvalue weighted by Gasteiger charge is -2.21. The fourth-order valence-electron chi connectivity index (χ4n) is 2.65. The van der Waals surface area contributed by atoms with E-state index in [0.717, 1.165) is 10.8 Å². The van der Waals surface area contributed by atoms with E-state index < -0.39 is 5.92 Å². The van der Waals surface area contributed by atoms with Gasteiger partial charge in [0.05, 0.1) is 11.6 Å². The topological polar surface area (TPSA) is 72.2 Å². The summed E-state index contributed by atoms with van der Waals surface area (Å²) in [6, 6.07) is 11.6. The van der Waals surface area contributed by atoms with Gasteiger partial charge in [0.25, 0.3) is 0 Å². The second-order valence-electron chi connectivity index (χ2n) is 5.31. The standard InChI is InChI=1S/C18H16N2O2/c1-2-11-10-16(21)20-15(18(11)22)9-13-8-7-12-5-3-4-6-14(12)17(13)19/h2-9,11H,1,10,19H2,(H,20,21)/b15-9-. The van der Waals surface area contributed by atoms with Crippen LogP contribution < -0.4 is 11.1 Å². The van der Waals surface area contributed by atoms with Crippen molar-refractivity contribution < 1.29 is 9.59 Å². The first-order valence-electron chi connectivity index (χ1n) is 7.05. The van der Waals surface area contributed by atoms with Gasteiger partial charge < -0.3 is 11.1 Å². The molecule has 1 unspecified atom stereocenters. The third kappa shape index (κ3) is 2.39. The molecule has 1 aliphatic rings. The Kier molecular flexibility index (Phi) is 3.51. The molecule has 4 nitrogen and oxygen atoms in total. The third-order valence-corrected chi connectivity index (χ3v) is 3.87. The van der Waals surface area contributed by atoms with Gasteiger partial charge in [-0.05, 0) is 11.5 Å². The molecule has 4 heteroatoms. The number of carbonyl (C=O) groups is 2. The van der Waals surface area contributed by atoms with Gasteiger partial charge in [-0.3, -0.25) is 9.59 Å². The predicted molar refractivity (Wildman–Crippen MR) is 87.8 cm³/mol. The largest absolute Gasteiger partial charge is 0.398 e. The quantitative estimate of drug-likeness (QED) is 0.508. The van der Waals surface area contributed by atoms with Crippen molar-refractivity contribution >= 4 is 34.2 Å². The summed E-state index contributed by atoms with van der Waals surface area (Å²) in [5, 5.41) is 4.58. The SMILES string of the molecule is C=CC1CC(=O)N/C(=C\c2ccc3ccccc3c2N)C1=O. The molecule has 1 heterocycles. The molecule has 1 fully saturated rings. The fourth-order valence-corrected chi connectivity index (χ4v) is 2.65. The van der Waals surface area contributed by atoms with Crippen molar-refractivity contribution in [3.05, 3.63) is 60.3 Å². The average Bonchev–Trinajstić information content (AvgIpc) is 2.53. The highest BCUT2D eigenvalue weighted by Crippen LogP contribution is 2.27. The number of benzene rings is 2. The summed E-state index contributed by atoms with van der Waals surface area (Å²) >= 11 is 0. The molecule has 3 N–H and O–H groups in total. The van der Waals surface area contributed by atoms with Gasteiger partial charge in [-0.15, -0.1) is 6.58 Å². The monoisotopic (exact) mass is 292 g/mol. The zero-order chi connectivity index (χ0) is 15.7. The van der Waals surface area contributed by atoms with Crippen LogP contribution in [0.1, 0.15) is 12.0 Å². The lowest BCUT2D eigenvalue weighted by molar-refractivity contribution is -0.129. The Morgan fingerprint density at radius 2 is 1.95 bits per heavy atom. The minimum Gasteiger partial charge on any atom is -0.398 e. The van der Waals surface area contributed by atoms with Crippen LogP contribution in [0.2, 0.25) is 0 Å². The van der Waals surface area contributed by atoms with Crippen molar-refractivity contribution in [2.45, 2.75) is 6.42 Å². The van der Waals surface area contributed by atoms with E-state index in [2.05, 4.69) is 11.9 Å². The van der Waals surface area contributed by atoms with Crippen LogP contribution in [-0.4, -0.2) is 11.7 Å². The van der Waals surface area contributed by atoms with E-state index in [1.807, 2.05) is 36.4 Å². The van der Waals surface area contributed by atoms with Crippen LogP contribution in [0, 0.1) is 5.92 Å². The van der Waals surface area contributed by atoms with E-state index in [4.69, 9.17) is 5.73 Å². The molecule has 3 rings (SSSR count). The molecule has 2 aromatic carbocycles. The highest BCUT2D eigenvalue weighted by atomic mass is 16.2. The lowest BCUT2D eigenvalue weighted by atomic mass is 9.92. The summed E-state index contributed by atoms with van der Waals surface area (Å²) in [4.78, 5) is 24.0. The van der Waals surface area contributed by atoms with Crippen molar-refractivity contribution in [1.29, 1.82) is 0 Å². The number of Topliss-reactive ketones (excluding diaryl/α,β-unsaturated/α-hetero) is 1. The number of carbonyl (C=O) groups excluding carboxylic acids is 2. The van der Waals surface area contributed by atoms with Gasteiger partial charge >= 0.3 is 0 Å². The smallest absolute Gasteiger partial charge is 0.225 e. The first-order valence-corrected chi connectivity index (χ1v) is 7.05. The molecule has 110 valence electrons. The highest BCUT2D eigenvalue weighted by molar-refractivity contribution is 6.10. The first-order chi connectivity index (χ1) is 10.6. The van der Waals surface area contributed by atoms with Crippen LogP contribution in [0.4, 0.5) is 5.69 Å². The van der Waals surface area contributed by atoms with E-state index >= 15 is 0 Å². The van der Waals surface area contributed by atoms with E-state index in [1.165, 1.54) is 6.08 Å². The third-order valence-electron chi connectivity index (χ3n) is 3.87. The van der Waals surface area contributed by atoms with Crippen molar-refractivity contribution in [2.24, 2.45) is 5.92 Å². The molecule has 1 amide bonds. The number of nitrogen functional groups attached to an aromatic ring is 1. The number of ketones is 1. The summed E-state index contributed by atoms with van der Waals surface area (Å²) in [5.41, 5.74) is 7.77. The number of rotatable bonds is 2. The van der Waals surface area contributed by atoms with Gasteiger partial charge in [-0.1, -0.05) is 42.5 Å². The van der Waals surface area contributed by atoms with Crippen LogP contribution in [0.5, 0.6) is 0 Å². The maximum Gasteiger partial charge on any atom is 0.225 e. The van der Waals surface area contributed by atoms with E-state index in [1.54, 1.807) is 6.08 Å². The summed E-state index contributed by atoms with van der Waals surface area (Å²) in [6.07, 6.45) is 3.29. The molecule has 0 bridgehead atoms. The number of nitrogens with two attached hydrogens (primary N) is 1. The minimum atomic E-state index is -0.471. The Hall–Kier alpha value is -2.88. The van der Waals surface area contributed by atoms with Crippen LogP contribution in [0.15, 0.2) is 54.8 Å². The Balaban J connectivity index is 2.07. The van der Waals surface area contributed by atoms with E-state index in [0.29, 0.717) is 11.3 Å². The maximum absolute atomic E-state index is 12.3. The summed E-state index contributed by atoms with van der Waals surface area (Å²) < 4.78 is 0. The molecule has 0 spiro atoms. The van der Waals surface area contributed by atoms with Crippen molar-refractivity contribution in [3.63, 3.8) is 0 Å². The summed E-state index contributed by atoms with van der Waals surface area (Å²) in [5.74, 6) is -0.793.